The van der Waals surface area contributed by atoms with Gasteiger partial charge in [-0.1, -0.05) is 19.1 Å². The van der Waals surface area contributed by atoms with Gasteiger partial charge in [0.1, 0.15) is 5.75 Å². The van der Waals surface area contributed by atoms with E-state index in [1.165, 1.54) is 0 Å². The molecule has 1 atom stereocenters. The van der Waals surface area contributed by atoms with Crippen LogP contribution in [0.4, 0.5) is 9.59 Å². The molecule has 0 spiro atoms. The lowest BCUT2D eigenvalue weighted by Crippen LogP contribution is -2.55. The molecule has 2 N–H and O–H groups in total. The first-order valence-corrected chi connectivity index (χ1v) is 12.3. The number of rotatable bonds is 9. The monoisotopic (exact) mass is 487 g/mol. The van der Waals surface area contributed by atoms with Gasteiger partial charge in [0, 0.05) is 51.5 Å². The van der Waals surface area contributed by atoms with Gasteiger partial charge in [-0.2, -0.15) is 0 Å². The fourth-order valence-electron chi connectivity index (χ4n) is 4.39. The Morgan fingerprint density at radius 2 is 1.89 bits per heavy atom. The molecule has 1 saturated heterocycles. The van der Waals surface area contributed by atoms with E-state index in [1.54, 1.807) is 23.8 Å². The van der Waals surface area contributed by atoms with Crippen molar-refractivity contribution in [1.29, 1.82) is 0 Å². The maximum Gasteiger partial charge on any atom is 0.338 e. The highest BCUT2D eigenvalue weighted by Gasteiger charge is 2.38. The molecule has 3 rings (SSSR count). The van der Waals surface area contributed by atoms with Crippen LogP contribution >= 0.6 is 0 Å². The highest BCUT2D eigenvalue weighted by molar-refractivity contribution is 5.95. The quantitative estimate of drug-likeness (QED) is 0.519. The van der Waals surface area contributed by atoms with Crippen molar-refractivity contribution in [2.45, 2.75) is 33.2 Å². The number of piperazine rings is 1. The molecular formula is C25H37N5O5. The van der Waals surface area contributed by atoms with E-state index in [9.17, 15) is 14.4 Å². The Bertz CT molecular complexity index is 942. The zero-order chi connectivity index (χ0) is 25.4. The van der Waals surface area contributed by atoms with Gasteiger partial charge in [-0.15, -0.1) is 0 Å². The van der Waals surface area contributed by atoms with Crippen LogP contribution in [0.3, 0.4) is 0 Å². The molecule has 1 unspecified atom stereocenters. The van der Waals surface area contributed by atoms with Gasteiger partial charge in [-0.05, 0) is 38.0 Å². The maximum atomic E-state index is 13.2. The number of benzene rings is 1. The molecule has 35 heavy (non-hydrogen) atoms. The Morgan fingerprint density at radius 3 is 2.51 bits per heavy atom. The van der Waals surface area contributed by atoms with Gasteiger partial charge in [-0.3, -0.25) is 9.80 Å². The Labute approximate surface area is 207 Å². The molecule has 10 heteroatoms. The normalized spacial score (nSPS) is 18.9. The third kappa shape index (κ3) is 6.25. The minimum atomic E-state index is -0.657. The van der Waals surface area contributed by atoms with Gasteiger partial charge >= 0.3 is 18.0 Å². The average molecular weight is 488 g/mol. The summed E-state index contributed by atoms with van der Waals surface area (Å²) in [6.45, 7) is 9.80. The van der Waals surface area contributed by atoms with Crippen molar-refractivity contribution in [1.82, 2.24) is 25.3 Å². The summed E-state index contributed by atoms with van der Waals surface area (Å²) in [7, 11) is 1.58. The predicted octanol–water partition coefficient (Wildman–Crippen LogP) is 2.34. The predicted molar refractivity (Wildman–Crippen MR) is 132 cm³/mol. The smallest absolute Gasteiger partial charge is 0.338 e. The second-order valence-electron chi connectivity index (χ2n) is 8.48. The maximum absolute atomic E-state index is 13.2. The molecule has 0 bridgehead atoms. The molecule has 1 aromatic carbocycles. The number of likely N-dealkylation sites (N-methyl/N-ethyl adjacent to an activating group) is 1. The van der Waals surface area contributed by atoms with Crippen LogP contribution in [0.1, 0.15) is 38.8 Å². The summed E-state index contributed by atoms with van der Waals surface area (Å²) >= 11 is 0. The topological polar surface area (TPSA) is 103 Å². The molecular weight excluding hydrogens is 450 g/mol. The second kappa shape index (κ2) is 12.4. The summed E-state index contributed by atoms with van der Waals surface area (Å²) in [5.74, 6) is 0.184. The molecule has 10 nitrogen and oxygen atoms in total. The fourth-order valence-corrected chi connectivity index (χ4v) is 4.39. The number of ether oxygens (including phenoxy) is 2. The number of nitrogens with zero attached hydrogens (tertiary/aromatic N) is 3. The Kier molecular flexibility index (Phi) is 9.36. The van der Waals surface area contributed by atoms with Crippen LogP contribution in [0.15, 0.2) is 35.5 Å². The molecule has 0 aromatic heterocycles. The van der Waals surface area contributed by atoms with Crippen LogP contribution in [-0.4, -0.2) is 92.3 Å². The molecule has 2 aliphatic rings. The summed E-state index contributed by atoms with van der Waals surface area (Å²) in [5, 5.41) is 5.89. The Hall–Kier alpha value is -3.27. The van der Waals surface area contributed by atoms with Gasteiger partial charge in [0.2, 0.25) is 0 Å². The summed E-state index contributed by atoms with van der Waals surface area (Å²) in [4.78, 5) is 44.2. The highest BCUT2D eigenvalue weighted by atomic mass is 16.5. The van der Waals surface area contributed by atoms with Gasteiger partial charge in [0.25, 0.3) is 0 Å². The number of hydrogen-bond donors (Lipinski definition) is 2. The number of hydrogen-bond acceptors (Lipinski definition) is 6. The third-order valence-corrected chi connectivity index (χ3v) is 6.24. The summed E-state index contributed by atoms with van der Waals surface area (Å²) in [5.41, 5.74) is 1.79. The van der Waals surface area contributed by atoms with Crippen molar-refractivity contribution >= 4 is 18.0 Å². The van der Waals surface area contributed by atoms with Crippen molar-refractivity contribution in [2.24, 2.45) is 0 Å². The van der Waals surface area contributed by atoms with E-state index in [0.29, 0.717) is 62.8 Å². The summed E-state index contributed by atoms with van der Waals surface area (Å²) < 4.78 is 10.8. The molecule has 4 amide bonds. The van der Waals surface area contributed by atoms with Crippen molar-refractivity contribution in [3.05, 3.63) is 41.1 Å². The molecule has 0 aliphatic carbocycles. The Morgan fingerprint density at radius 1 is 1.14 bits per heavy atom. The molecule has 2 aliphatic heterocycles. The SMILES string of the molecule is CCCNC(=O)N1CCN(CC2=C(C(=O)OCC)C(c3cccc(OC)c3)NC(=O)N2CC)CC1. The summed E-state index contributed by atoms with van der Waals surface area (Å²) in [6, 6.07) is 6.35. The highest BCUT2D eigenvalue weighted by Crippen LogP contribution is 2.33. The summed E-state index contributed by atoms with van der Waals surface area (Å²) in [6.07, 6.45) is 0.889. The van der Waals surface area contributed by atoms with Crippen molar-refractivity contribution in [3.63, 3.8) is 0 Å². The average Bonchev–Trinajstić information content (AvgIpc) is 2.87. The van der Waals surface area contributed by atoms with E-state index >= 15 is 0 Å². The standard InChI is InChI=1S/C25H37N5O5/c1-5-11-26-24(32)29-14-12-28(13-15-29)17-20-21(23(31)35-7-3)22(27-25(33)30(20)6-2)18-9-8-10-19(16-18)34-4/h8-10,16,22H,5-7,11-15,17H2,1-4H3,(H,26,32)(H,27,33). The lowest BCUT2D eigenvalue weighted by atomic mass is 9.94. The van der Waals surface area contributed by atoms with Gasteiger partial charge in [-0.25, -0.2) is 14.4 Å². The van der Waals surface area contributed by atoms with E-state index in [0.717, 1.165) is 12.0 Å². The molecule has 1 fully saturated rings. The lowest BCUT2D eigenvalue weighted by molar-refractivity contribution is -0.139. The van der Waals surface area contributed by atoms with Gasteiger partial charge < -0.3 is 25.0 Å². The zero-order valence-corrected chi connectivity index (χ0v) is 21.1. The first-order chi connectivity index (χ1) is 16.9. The largest absolute Gasteiger partial charge is 0.497 e. The van der Waals surface area contributed by atoms with Crippen molar-refractivity contribution in [3.8, 4) is 5.75 Å². The van der Waals surface area contributed by atoms with Gasteiger partial charge in [0.15, 0.2) is 0 Å². The second-order valence-corrected chi connectivity index (χ2v) is 8.48. The lowest BCUT2D eigenvalue weighted by Gasteiger charge is -2.40. The van der Waals surface area contributed by atoms with Crippen LogP contribution in [0.25, 0.3) is 0 Å². The van der Waals surface area contributed by atoms with Crippen molar-refractivity contribution < 1.29 is 23.9 Å². The van der Waals surface area contributed by atoms with E-state index in [-0.39, 0.29) is 18.7 Å². The molecule has 2 heterocycles. The van der Waals surface area contributed by atoms with E-state index in [1.807, 2.05) is 38.1 Å². The van der Waals surface area contributed by atoms with Crippen LogP contribution in [0.2, 0.25) is 0 Å². The molecule has 1 aromatic rings. The van der Waals surface area contributed by atoms with E-state index < -0.39 is 12.0 Å². The molecule has 192 valence electrons. The number of methoxy groups -OCH3 is 1. The third-order valence-electron chi connectivity index (χ3n) is 6.24. The van der Waals surface area contributed by atoms with E-state index in [2.05, 4.69) is 15.5 Å². The molecule has 0 radical (unpaired) electrons. The molecule has 0 saturated carbocycles. The fraction of sp³-hybridized carbons (Fsp3) is 0.560. The number of nitrogens with one attached hydrogen (secondary N) is 2. The Balaban J connectivity index is 1.91. The van der Waals surface area contributed by atoms with Crippen LogP contribution in [-0.2, 0) is 9.53 Å². The number of esters is 1. The van der Waals surface area contributed by atoms with Crippen LogP contribution < -0.4 is 15.4 Å². The number of amides is 4. The minimum absolute atomic E-state index is 0.0526. The zero-order valence-electron chi connectivity index (χ0n) is 21.1. The van der Waals surface area contributed by atoms with Gasteiger partial charge in [0.05, 0.1) is 25.3 Å². The van der Waals surface area contributed by atoms with E-state index in [4.69, 9.17) is 9.47 Å². The first-order valence-electron chi connectivity index (χ1n) is 12.3. The van der Waals surface area contributed by atoms with Crippen LogP contribution in [0.5, 0.6) is 5.75 Å². The van der Waals surface area contributed by atoms with Crippen LogP contribution in [0, 0.1) is 0 Å². The minimum Gasteiger partial charge on any atom is -0.497 e. The number of carbonyl (C=O) groups is 3. The number of carbonyl (C=O) groups excluding carboxylic acids is 3. The number of urea groups is 2. The van der Waals surface area contributed by atoms with Crippen molar-refractivity contribution in [2.75, 3.05) is 59.5 Å². The first kappa shape index (κ1) is 26.3.